The third-order valence-corrected chi connectivity index (χ3v) is 4.89. The first kappa shape index (κ1) is 18.7. The first-order valence-electron chi connectivity index (χ1n) is 7.99. The fraction of sp³-hybridized carbons (Fsp3) is 0.105. The van der Waals surface area contributed by atoms with Crippen molar-refractivity contribution in [3.63, 3.8) is 0 Å². The molecule has 2 aromatic carbocycles. The van der Waals surface area contributed by atoms with Crippen molar-refractivity contribution in [3.8, 4) is 10.6 Å². The minimum atomic E-state index is -0.495. The highest BCUT2D eigenvalue weighted by atomic mass is 32.1. The number of nitrogens with one attached hydrogen (secondary N) is 2. The summed E-state index contributed by atoms with van der Waals surface area (Å²) < 4.78 is 25.9. The monoisotopic (exact) mass is 387 g/mol. The molecule has 5 nitrogen and oxygen atoms in total. The van der Waals surface area contributed by atoms with Gasteiger partial charge in [-0.05, 0) is 48.9 Å². The maximum atomic E-state index is 13.0. The molecule has 3 aromatic rings. The third-order valence-electron chi connectivity index (χ3n) is 3.69. The average Bonchev–Trinajstić information content (AvgIpc) is 3.04. The Hall–Kier alpha value is -3.13. The Kier molecular flexibility index (Phi) is 5.56. The summed E-state index contributed by atoms with van der Waals surface area (Å²) in [6.45, 7) is 1.68. The molecule has 0 bridgehead atoms. The summed E-state index contributed by atoms with van der Waals surface area (Å²) in [7, 11) is 0. The van der Waals surface area contributed by atoms with Gasteiger partial charge in [0, 0.05) is 5.56 Å². The molecule has 0 fully saturated rings. The molecule has 27 heavy (non-hydrogen) atoms. The molecule has 0 unspecified atom stereocenters. The topological polar surface area (TPSA) is 71.1 Å². The smallest absolute Gasteiger partial charge is 0.273 e. The number of rotatable bonds is 4. The zero-order valence-corrected chi connectivity index (χ0v) is 15.1. The molecule has 138 valence electrons. The molecule has 0 saturated heterocycles. The molecule has 0 aliphatic rings. The van der Waals surface area contributed by atoms with E-state index in [1.165, 1.54) is 36.4 Å². The molecule has 2 amide bonds. The maximum Gasteiger partial charge on any atom is 0.281 e. The Morgan fingerprint density at radius 3 is 2.19 bits per heavy atom. The van der Waals surface area contributed by atoms with E-state index < -0.39 is 11.8 Å². The second kappa shape index (κ2) is 8.05. The summed E-state index contributed by atoms with van der Waals surface area (Å²) in [4.78, 5) is 28.9. The number of aromatic nitrogens is 1. The zero-order valence-electron chi connectivity index (χ0n) is 14.3. The SMILES string of the molecule is Cc1nc(-c2ccc(F)cc2)sc1C(=O)NNC(=O)Cc1ccc(F)cc1. The van der Waals surface area contributed by atoms with Gasteiger partial charge in [0.05, 0.1) is 12.1 Å². The Morgan fingerprint density at radius 1 is 0.963 bits per heavy atom. The number of hydrazine groups is 1. The van der Waals surface area contributed by atoms with E-state index in [1.807, 2.05) is 0 Å². The molecule has 0 atom stereocenters. The van der Waals surface area contributed by atoms with Gasteiger partial charge >= 0.3 is 0 Å². The van der Waals surface area contributed by atoms with Crippen LogP contribution in [0.2, 0.25) is 0 Å². The molecule has 0 aliphatic heterocycles. The largest absolute Gasteiger partial charge is 0.281 e. The second-order valence-corrected chi connectivity index (χ2v) is 6.75. The lowest BCUT2D eigenvalue weighted by Crippen LogP contribution is -2.42. The van der Waals surface area contributed by atoms with Crippen LogP contribution in [0, 0.1) is 18.6 Å². The van der Waals surface area contributed by atoms with Gasteiger partial charge in [-0.2, -0.15) is 0 Å². The number of aryl methyl sites for hydroxylation is 1. The van der Waals surface area contributed by atoms with Crippen molar-refractivity contribution in [2.75, 3.05) is 0 Å². The van der Waals surface area contributed by atoms with Crippen LogP contribution in [0.4, 0.5) is 8.78 Å². The summed E-state index contributed by atoms with van der Waals surface area (Å²) in [5, 5.41) is 0.579. The van der Waals surface area contributed by atoms with Gasteiger partial charge in [0.1, 0.15) is 21.5 Å². The van der Waals surface area contributed by atoms with E-state index in [2.05, 4.69) is 15.8 Å². The Balaban J connectivity index is 1.61. The van der Waals surface area contributed by atoms with E-state index >= 15 is 0 Å². The molecule has 3 rings (SSSR count). The lowest BCUT2D eigenvalue weighted by Gasteiger charge is -2.06. The van der Waals surface area contributed by atoms with Crippen LogP contribution in [0.15, 0.2) is 48.5 Å². The van der Waals surface area contributed by atoms with Crippen molar-refractivity contribution in [1.82, 2.24) is 15.8 Å². The van der Waals surface area contributed by atoms with Gasteiger partial charge in [0.15, 0.2) is 0 Å². The van der Waals surface area contributed by atoms with Crippen LogP contribution in [0.3, 0.4) is 0 Å². The quantitative estimate of drug-likeness (QED) is 0.674. The van der Waals surface area contributed by atoms with Crippen LogP contribution >= 0.6 is 11.3 Å². The van der Waals surface area contributed by atoms with Crippen molar-refractivity contribution in [1.29, 1.82) is 0 Å². The minimum absolute atomic E-state index is 0.00304. The highest BCUT2D eigenvalue weighted by Crippen LogP contribution is 2.27. The van der Waals surface area contributed by atoms with Crippen molar-refractivity contribution in [2.45, 2.75) is 13.3 Å². The standard InChI is InChI=1S/C19H15F2N3O2S/c1-11-17(27-19(22-11)13-4-8-15(21)9-5-13)18(26)24-23-16(25)10-12-2-6-14(20)7-3-12/h2-9H,10H2,1H3,(H,23,25)(H,24,26). The molecule has 0 spiro atoms. The van der Waals surface area contributed by atoms with E-state index in [0.29, 0.717) is 26.7 Å². The first-order chi connectivity index (χ1) is 12.9. The van der Waals surface area contributed by atoms with Crippen LogP contribution in [0.5, 0.6) is 0 Å². The maximum absolute atomic E-state index is 13.0. The number of carbonyl (C=O) groups excluding carboxylic acids is 2. The summed E-state index contributed by atoms with van der Waals surface area (Å²) in [6, 6.07) is 11.3. The number of nitrogens with zero attached hydrogens (tertiary/aromatic N) is 1. The number of benzene rings is 2. The Morgan fingerprint density at radius 2 is 1.56 bits per heavy atom. The van der Waals surface area contributed by atoms with Gasteiger partial charge in [-0.25, -0.2) is 13.8 Å². The van der Waals surface area contributed by atoms with Gasteiger partial charge in [-0.3, -0.25) is 20.4 Å². The average molecular weight is 387 g/mol. The van der Waals surface area contributed by atoms with Crippen molar-refractivity contribution in [3.05, 3.63) is 76.3 Å². The minimum Gasteiger partial charge on any atom is -0.273 e. The summed E-state index contributed by atoms with van der Waals surface area (Å²) in [6.07, 6.45) is 0.00304. The molecular weight excluding hydrogens is 372 g/mol. The number of amides is 2. The van der Waals surface area contributed by atoms with Crippen LogP contribution in [0.1, 0.15) is 20.9 Å². The molecule has 2 N–H and O–H groups in total. The van der Waals surface area contributed by atoms with E-state index in [0.717, 1.165) is 11.3 Å². The Bertz CT molecular complexity index is 970. The lowest BCUT2D eigenvalue weighted by atomic mass is 10.1. The molecule has 1 aromatic heterocycles. The van der Waals surface area contributed by atoms with Crippen molar-refractivity contribution >= 4 is 23.2 Å². The van der Waals surface area contributed by atoms with Crippen LogP contribution in [-0.4, -0.2) is 16.8 Å². The molecule has 0 aliphatic carbocycles. The fourth-order valence-electron chi connectivity index (χ4n) is 2.34. The number of halogens is 2. The zero-order chi connectivity index (χ0) is 19.4. The van der Waals surface area contributed by atoms with Gasteiger partial charge in [0.25, 0.3) is 5.91 Å². The van der Waals surface area contributed by atoms with Crippen molar-refractivity contribution < 1.29 is 18.4 Å². The normalized spacial score (nSPS) is 10.5. The van der Waals surface area contributed by atoms with E-state index in [9.17, 15) is 18.4 Å². The predicted octanol–water partition coefficient (Wildman–Crippen LogP) is 3.40. The highest BCUT2D eigenvalue weighted by molar-refractivity contribution is 7.17. The van der Waals surface area contributed by atoms with Crippen LogP contribution in [0.25, 0.3) is 10.6 Å². The van der Waals surface area contributed by atoms with E-state index in [1.54, 1.807) is 19.1 Å². The number of hydrogen-bond acceptors (Lipinski definition) is 4. The van der Waals surface area contributed by atoms with Gasteiger partial charge in [-0.15, -0.1) is 11.3 Å². The number of carbonyl (C=O) groups is 2. The van der Waals surface area contributed by atoms with E-state index in [-0.39, 0.29) is 18.1 Å². The van der Waals surface area contributed by atoms with Gasteiger partial charge in [0.2, 0.25) is 5.91 Å². The molecule has 1 heterocycles. The van der Waals surface area contributed by atoms with Crippen molar-refractivity contribution in [2.24, 2.45) is 0 Å². The third kappa shape index (κ3) is 4.73. The van der Waals surface area contributed by atoms with Gasteiger partial charge in [-0.1, -0.05) is 12.1 Å². The summed E-state index contributed by atoms with van der Waals surface area (Å²) >= 11 is 1.15. The van der Waals surface area contributed by atoms with Crippen LogP contribution in [-0.2, 0) is 11.2 Å². The number of thiazole rings is 1. The molecular formula is C19H15F2N3O2S. The molecule has 0 radical (unpaired) electrons. The summed E-state index contributed by atoms with van der Waals surface area (Å²) in [5.74, 6) is -1.67. The second-order valence-electron chi connectivity index (χ2n) is 5.75. The first-order valence-corrected chi connectivity index (χ1v) is 8.81. The number of hydrogen-bond donors (Lipinski definition) is 2. The lowest BCUT2D eigenvalue weighted by molar-refractivity contribution is -0.121. The summed E-state index contributed by atoms with van der Waals surface area (Å²) in [5.41, 5.74) is 6.49. The Labute approximate surface area is 158 Å². The molecule has 0 saturated carbocycles. The highest BCUT2D eigenvalue weighted by Gasteiger charge is 2.17. The fourth-order valence-corrected chi connectivity index (χ4v) is 3.31. The predicted molar refractivity (Wildman–Crippen MR) is 98.0 cm³/mol. The molecule has 8 heteroatoms. The van der Waals surface area contributed by atoms with Gasteiger partial charge < -0.3 is 0 Å². The van der Waals surface area contributed by atoms with E-state index in [4.69, 9.17) is 0 Å². The van der Waals surface area contributed by atoms with Crippen LogP contribution < -0.4 is 10.9 Å².